The zero-order valence-corrected chi connectivity index (χ0v) is 12.1. The molecule has 3 rings (SSSR count). The first kappa shape index (κ1) is 13.4. The highest BCUT2D eigenvalue weighted by Gasteiger charge is 2.00. The van der Waals surface area contributed by atoms with Gasteiger partial charge in [0.1, 0.15) is 5.82 Å². The van der Waals surface area contributed by atoms with Crippen molar-refractivity contribution < 1.29 is 0 Å². The molecule has 0 spiro atoms. The Balaban J connectivity index is 1.82. The van der Waals surface area contributed by atoms with Gasteiger partial charge in [0, 0.05) is 16.8 Å². The summed E-state index contributed by atoms with van der Waals surface area (Å²) in [5.41, 5.74) is 9.90. The molecule has 0 amide bonds. The Morgan fingerprint density at radius 1 is 1.00 bits per heavy atom. The number of anilines is 3. The molecule has 0 fully saturated rings. The van der Waals surface area contributed by atoms with E-state index >= 15 is 0 Å². The molecule has 2 aromatic carbocycles. The van der Waals surface area contributed by atoms with Crippen molar-refractivity contribution in [2.75, 3.05) is 11.1 Å². The lowest BCUT2D eigenvalue weighted by atomic mass is 10.1. The second-order valence-corrected chi connectivity index (χ2v) is 5.22. The molecule has 21 heavy (non-hydrogen) atoms. The van der Waals surface area contributed by atoms with Crippen molar-refractivity contribution in [1.29, 1.82) is 0 Å². The minimum absolute atomic E-state index is 0.761. The molecular weight excluding hydrogens is 258 g/mol. The molecule has 1 aromatic heterocycles. The molecule has 3 nitrogen and oxygen atoms in total. The molecule has 0 saturated carbocycles. The van der Waals surface area contributed by atoms with Crippen LogP contribution in [0.1, 0.15) is 18.9 Å². The molecule has 0 atom stereocenters. The summed E-state index contributed by atoms with van der Waals surface area (Å²) >= 11 is 0. The van der Waals surface area contributed by atoms with Gasteiger partial charge in [0.05, 0.1) is 5.52 Å². The first-order chi connectivity index (χ1) is 10.2. The van der Waals surface area contributed by atoms with Crippen molar-refractivity contribution in [3.8, 4) is 0 Å². The van der Waals surface area contributed by atoms with Gasteiger partial charge in [-0.05, 0) is 54.4 Å². The molecule has 0 aliphatic rings. The summed E-state index contributed by atoms with van der Waals surface area (Å²) in [7, 11) is 0. The number of nitrogens with zero attached hydrogens (tertiary/aromatic N) is 1. The molecule has 3 heteroatoms. The van der Waals surface area contributed by atoms with E-state index in [1.807, 2.05) is 30.3 Å². The highest BCUT2D eigenvalue weighted by atomic mass is 15.0. The zero-order valence-electron chi connectivity index (χ0n) is 12.1. The highest BCUT2D eigenvalue weighted by Crippen LogP contribution is 2.21. The third-order valence-corrected chi connectivity index (χ3v) is 3.48. The van der Waals surface area contributed by atoms with Crippen molar-refractivity contribution in [2.24, 2.45) is 0 Å². The fraction of sp³-hybridized carbons (Fsp3) is 0.167. The Bertz CT molecular complexity index is 748. The van der Waals surface area contributed by atoms with E-state index in [1.165, 1.54) is 12.0 Å². The summed E-state index contributed by atoms with van der Waals surface area (Å²) in [5, 5.41) is 4.39. The summed E-state index contributed by atoms with van der Waals surface area (Å²) in [6.07, 6.45) is 2.29. The lowest BCUT2D eigenvalue weighted by Gasteiger charge is -2.08. The number of pyridine rings is 1. The smallest absolute Gasteiger partial charge is 0.131 e. The standard InChI is InChI=1S/C18H19N3/c1-2-3-13-4-8-16(9-5-13)20-18-11-6-14-12-15(19)7-10-17(14)21-18/h4-12H,2-3,19H2,1H3,(H,20,21). The van der Waals surface area contributed by atoms with Gasteiger partial charge in [-0.15, -0.1) is 0 Å². The number of nitrogens with two attached hydrogens (primary N) is 1. The van der Waals surface area contributed by atoms with Crippen LogP contribution < -0.4 is 11.1 Å². The Kier molecular flexibility index (Phi) is 3.73. The summed E-state index contributed by atoms with van der Waals surface area (Å²) in [4.78, 5) is 4.60. The molecule has 0 radical (unpaired) electrons. The number of hydrogen-bond acceptors (Lipinski definition) is 3. The number of benzene rings is 2. The number of rotatable bonds is 4. The van der Waals surface area contributed by atoms with Crippen LogP contribution in [0.15, 0.2) is 54.6 Å². The normalized spacial score (nSPS) is 10.7. The number of nitrogen functional groups attached to an aromatic ring is 1. The number of nitrogens with one attached hydrogen (secondary N) is 1. The van der Waals surface area contributed by atoms with Crippen LogP contribution in [-0.4, -0.2) is 4.98 Å². The van der Waals surface area contributed by atoms with Gasteiger partial charge in [-0.25, -0.2) is 4.98 Å². The van der Waals surface area contributed by atoms with E-state index in [1.54, 1.807) is 0 Å². The van der Waals surface area contributed by atoms with Crippen LogP contribution in [0.25, 0.3) is 10.9 Å². The lowest BCUT2D eigenvalue weighted by Crippen LogP contribution is -1.94. The first-order valence-corrected chi connectivity index (χ1v) is 7.27. The molecule has 106 valence electrons. The largest absolute Gasteiger partial charge is 0.399 e. The second-order valence-electron chi connectivity index (χ2n) is 5.22. The molecule has 0 unspecified atom stereocenters. The van der Waals surface area contributed by atoms with E-state index in [2.05, 4.69) is 41.5 Å². The van der Waals surface area contributed by atoms with E-state index in [9.17, 15) is 0 Å². The maximum absolute atomic E-state index is 5.78. The van der Waals surface area contributed by atoms with Crippen molar-refractivity contribution in [2.45, 2.75) is 19.8 Å². The molecule has 0 saturated heterocycles. The third kappa shape index (κ3) is 3.14. The maximum atomic E-state index is 5.78. The summed E-state index contributed by atoms with van der Waals surface area (Å²) in [5.74, 6) is 0.843. The summed E-state index contributed by atoms with van der Waals surface area (Å²) < 4.78 is 0. The molecule has 3 N–H and O–H groups in total. The average Bonchev–Trinajstić information content (AvgIpc) is 2.50. The minimum Gasteiger partial charge on any atom is -0.399 e. The van der Waals surface area contributed by atoms with Crippen LogP contribution in [0.2, 0.25) is 0 Å². The Morgan fingerprint density at radius 3 is 2.57 bits per heavy atom. The van der Waals surface area contributed by atoms with Gasteiger partial charge in [0.15, 0.2) is 0 Å². The van der Waals surface area contributed by atoms with Crippen molar-refractivity contribution in [3.63, 3.8) is 0 Å². The van der Waals surface area contributed by atoms with Crippen LogP contribution in [0.3, 0.4) is 0 Å². The quantitative estimate of drug-likeness (QED) is 0.690. The SMILES string of the molecule is CCCc1ccc(Nc2ccc3cc(N)ccc3n2)cc1. The van der Waals surface area contributed by atoms with Crippen molar-refractivity contribution >= 4 is 28.1 Å². The molecule has 0 bridgehead atoms. The molecular formula is C18H19N3. The van der Waals surface area contributed by atoms with Crippen LogP contribution >= 0.6 is 0 Å². The van der Waals surface area contributed by atoms with Gasteiger partial charge in [-0.3, -0.25) is 0 Å². The minimum atomic E-state index is 0.761. The Morgan fingerprint density at radius 2 is 1.81 bits per heavy atom. The molecule has 0 aliphatic carbocycles. The first-order valence-electron chi connectivity index (χ1n) is 7.27. The van der Waals surface area contributed by atoms with E-state index in [0.717, 1.165) is 34.5 Å². The maximum Gasteiger partial charge on any atom is 0.131 e. The Hall–Kier alpha value is -2.55. The van der Waals surface area contributed by atoms with E-state index in [0.29, 0.717) is 0 Å². The van der Waals surface area contributed by atoms with Gasteiger partial charge in [0.25, 0.3) is 0 Å². The highest BCUT2D eigenvalue weighted by molar-refractivity contribution is 5.83. The lowest BCUT2D eigenvalue weighted by molar-refractivity contribution is 0.922. The van der Waals surface area contributed by atoms with Gasteiger partial charge in [-0.2, -0.15) is 0 Å². The predicted octanol–water partition coefficient (Wildman–Crippen LogP) is 4.51. The number of aromatic nitrogens is 1. The summed E-state index contributed by atoms with van der Waals surface area (Å²) in [6, 6.07) is 18.3. The predicted molar refractivity (Wildman–Crippen MR) is 89.9 cm³/mol. The topological polar surface area (TPSA) is 50.9 Å². The fourth-order valence-electron chi connectivity index (χ4n) is 2.40. The summed E-state index contributed by atoms with van der Waals surface area (Å²) in [6.45, 7) is 2.19. The fourth-order valence-corrected chi connectivity index (χ4v) is 2.40. The monoisotopic (exact) mass is 277 g/mol. The van der Waals surface area contributed by atoms with E-state index in [-0.39, 0.29) is 0 Å². The van der Waals surface area contributed by atoms with Gasteiger partial charge < -0.3 is 11.1 Å². The van der Waals surface area contributed by atoms with Crippen molar-refractivity contribution in [1.82, 2.24) is 4.98 Å². The number of fused-ring (bicyclic) bond motifs is 1. The molecule has 0 aliphatic heterocycles. The van der Waals surface area contributed by atoms with Crippen molar-refractivity contribution in [3.05, 3.63) is 60.2 Å². The molecule has 3 aromatic rings. The number of hydrogen-bond donors (Lipinski definition) is 2. The van der Waals surface area contributed by atoms with Gasteiger partial charge in [-0.1, -0.05) is 25.5 Å². The average molecular weight is 277 g/mol. The van der Waals surface area contributed by atoms with Gasteiger partial charge in [0.2, 0.25) is 0 Å². The molecule has 1 heterocycles. The van der Waals surface area contributed by atoms with E-state index in [4.69, 9.17) is 5.73 Å². The second kappa shape index (κ2) is 5.83. The van der Waals surface area contributed by atoms with Gasteiger partial charge >= 0.3 is 0 Å². The zero-order chi connectivity index (χ0) is 14.7. The van der Waals surface area contributed by atoms with Crippen LogP contribution in [0.5, 0.6) is 0 Å². The third-order valence-electron chi connectivity index (χ3n) is 3.48. The van der Waals surface area contributed by atoms with Crippen LogP contribution in [0.4, 0.5) is 17.2 Å². The van der Waals surface area contributed by atoms with Crippen LogP contribution in [-0.2, 0) is 6.42 Å². The Labute approximate surface area is 124 Å². The van der Waals surface area contributed by atoms with E-state index < -0.39 is 0 Å². The van der Waals surface area contributed by atoms with Crippen LogP contribution in [0, 0.1) is 0 Å². The number of aryl methyl sites for hydroxylation is 1.